The molecule has 1 fully saturated rings. The molecule has 3 aromatic rings. The van der Waals surface area contributed by atoms with E-state index in [4.69, 9.17) is 14.0 Å². The summed E-state index contributed by atoms with van der Waals surface area (Å²) >= 11 is 0. The molecular formula is C34H43N4O10P. The Labute approximate surface area is 284 Å². The van der Waals surface area contributed by atoms with Crippen molar-refractivity contribution in [1.82, 2.24) is 19.9 Å². The van der Waals surface area contributed by atoms with E-state index in [0.29, 0.717) is 22.0 Å². The van der Waals surface area contributed by atoms with Gasteiger partial charge < -0.3 is 25.0 Å². The highest BCUT2D eigenvalue weighted by Crippen LogP contribution is 2.47. The Balaban J connectivity index is 1.53. The predicted molar refractivity (Wildman–Crippen MR) is 179 cm³/mol. The number of aromatic nitrogens is 1. The molecule has 264 valence electrons. The number of imide groups is 1. The molecule has 49 heavy (non-hydrogen) atoms. The minimum atomic E-state index is -4.27. The lowest BCUT2D eigenvalue weighted by atomic mass is 10.0. The molecule has 4 atom stereocenters. The molecule has 15 heteroatoms. The number of para-hydroxylation sites is 1. The van der Waals surface area contributed by atoms with Crippen molar-refractivity contribution in [3.8, 4) is 0 Å². The summed E-state index contributed by atoms with van der Waals surface area (Å²) in [4.78, 5) is 77.4. The number of carbonyl (C=O) groups is 5. The first-order chi connectivity index (χ1) is 23.4. The van der Waals surface area contributed by atoms with Crippen LogP contribution in [0.25, 0.3) is 10.9 Å². The third kappa shape index (κ3) is 9.34. The Morgan fingerprint density at radius 2 is 1.65 bits per heavy atom. The zero-order chi connectivity index (χ0) is 35.7. The molecule has 1 aliphatic rings. The second-order valence-corrected chi connectivity index (χ2v) is 13.7. The highest BCUT2D eigenvalue weighted by Gasteiger charge is 2.42. The average Bonchev–Trinajstić information content (AvgIpc) is 3.64. The van der Waals surface area contributed by atoms with E-state index in [1.54, 1.807) is 62.4 Å². The fraction of sp³-hybridized carbons (Fsp3) is 0.441. The maximum Gasteiger partial charge on any atom is 0.436 e. The number of fused-ring (bicyclic) bond motifs is 1. The van der Waals surface area contributed by atoms with E-state index in [2.05, 4.69) is 10.6 Å². The Bertz CT molecular complexity index is 1710. The normalized spacial score (nSPS) is 17.0. The summed E-state index contributed by atoms with van der Waals surface area (Å²) in [6, 6.07) is 12.1. The fourth-order valence-corrected chi connectivity index (χ4v) is 6.88. The van der Waals surface area contributed by atoms with Crippen LogP contribution in [0.1, 0.15) is 58.1 Å². The number of likely N-dealkylation sites (tertiary alicyclic amines) is 1. The molecule has 1 unspecified atom stereocenters. The molecule has 1 aliphatic heterocycles. The molecule has 1 saturated heterocycles. The second kappa shape index (κ2) is 16.7. The van der Waals surface area contributed by atoms with Gasteiger partial charge in [0.1, 0.15) is 24.7 Å². The van der Waals surface area contributed by atoms with Gasteiger partial charge in [-0.05, 0) is 49.8 Å². The number of hydrogen-bond acceptors (Lipinski definition) is 9. The standard InChI is InChI=1S/C34H43N4O10P/c1-5-46-33(42)27(19-24-20-37(49(44,45)48-6-2)28-15-11-10-14-25(24)28)36-31(40)26(18-22(3)4)35-32(41)29-16-17-30(39)38(29)34(43)47-21-23-12-8-7-9-13-23/h7-15,20,22,26-27,29H,5-6,16-19,21H2,1-4H3,(H,35,41)(H,36,40)(H,44,45)/t26-,27-,29-/m0/s1. The minimum Gasteiger partial charge on any atom is -0.464 e. The lowest BCUT2D eigenvalue weighted by Gasteiger charge is -2.27. The zero-order valence-electron chi connectivity index (χ0n) is 28.0. The van der Waals surface area contributed by atoms with Gasteiger partial charge in [0.2, 0.25) is 17.7 Å². The van der Waals surface area contributed by atoms with Crippen molar-refractivity contribution in [3.05, 3.63) is 71.9 Å². The molecule has 0 radical (unpaired) electrons. The van der Waals surface area contributed by atoms with E-state index in [1.807, 2.05) is 19.9 Å². The third-order valence-electron chi connectivity index (χ3n) is 7.91. The molecule has 0 aliphatic carbocycles. The van der Waals surface area contributed by atoms with Crippen molar-refractivity contribution in [2.45, 2.75) is 78.1 Å². The van der Waals surface area contributed by atoms with Crippen molar-refractivity contribution >= 4 is 48.4 Å². The lowest BCUT2D eigenvalue weighted by Crippen LogP contribution is -2.56. The summed E-state index contributed by atoms with van der Waals surface area (Å²) in [5.74, 6) is -2.79. The van der Waals surface area contributed by atoms with Crippen LogP contribution in [0, 0.1) is 5.92 Å². The van der Waals surface area contributed by atoms with Gasteiger partial charge in [-0.1, -0.05) is 62.4 Å². The number of carbonyl (C=O) groups excluding carboxylic acids is 5. The van der Waals surface area contributed by atoms with Gasteiger partial charge in [0.15, 0.2) is 0 Å². The topological polar surface area (TPSA) is 183 Å². The SMILES string of the molecule is CCOC(=O)[C@H](Cc1cn(P(=O)(O)OCC)c2ccccc12)NC(=O)[C@H](CC(C)C)NC(=O)[C@@H]1CCC(=O)N1C(=O)OCc1ccccc1. The lowest BCUT2D eigenvalue weighted by molar-refractivity contribution is -0.147. The van der Waals surface area contributed by atoms with Crippen LogP contribution in [0.15, 0.2) is 60.8 Å². The number of hydrogen-bond donors (Lipinski definition) is 3. The quantitative estimate of drug-likeness (QED) is 0.155. The Morgan fingerprint density at radius 1 is 0.959 bits per heavy atom. The predicted octanol–water partition coefficient (Wildman–Crippen LogP) is 4.08. The van der Waals surface area contributed by atoms with Crippen LogP contribution in [-0.2, 0) is 50.8 Å². The number of esters is 1. The van der Waals surface area contributed by atoms with E-state index < -0.39 is 55.7 Å². The molecule has 0 spiro atoms. The summed E-state index contributed by atoms with van der Waals surface area (Å²) in [5.41, 5.74) is 1.58. The monoisotopic (exact) mass is 698 g/mol. The van der Waals surface area contributed by atoms with Gasteiger partial charge in [0, 0.05) is 24.4 Å². The van der Waals surface area contributed by atoms with Gasteiger partial charge in [-0.25, -0.2) is 19.1 Å². The number of nitrogens with one attached hydrogen (secondary N) is 2. The molecule has 4 amide bonds. The van der Waals surface area contributed by atoms with E-state index in [9.17, 15) is 33.4 Å². The number of benzene rings is 2. The van der Waals surface area contributed by atoms with Crippen molar-refractivity contribution in [2.24, 2.45) is 5.92 Å². The van der Waals surface area contributed by atoms with E-state index in [0.717, 1.165) is 9.24 Å². The van der Waals surface area contributed by atoms with Crippen molar-refractivity contribution in [3.63, 3.8) is 0 Å². The summed E-state index contributed by atoms with van der Waals surface area (Å²) < 4.78 is 29.8. The smallest absolute Gasteiger partial charge is 0.436 e. The summed E-state index contributed by atoms with van der Waals surface area (Å²) in [6.07, 6.45) is 0.512. The van der Waals surface area contributed by atoms with Crippen LogP contribution >= 0.6 is 7.75 Å². The van der Waals surface area contributed by atoms with Gasteiger partial charge in [-0.3, -0.25) is 23.2 Å². The molecule has 0 saturated carbocycles. The first-order valence-corrected chi connectivity index (χ1v) is 17.8. The van der Waals surface area contributed by atoms with Gasteiger partial charge in [-0.2, -0.15) is 0 Å². The van der Waals surface area contributed by atoms with Crippen LogP contribution in [0.5, 0.6) is 0 Å². The maximum atomic E-state index is 13.8. The first-order valence-electron chi connectivity index (χ1n) is 16.2. The molecule has 2 aromatic carbocycles. The Hall–Kier alpha value is -4.52. The minimum absolute atomic E-state index is 0.0122. The van der Waals surface area contributed by atoms with Gasteiger partial charge in [0.05, 0.1) is 18.7 Å². The molecule has 0 bridgehead atoms. The summed E-state index contributed by atoms with van der Waals surface area (Å²) in [6.45, 7) is 6.83. The Kier molecular flexibility index (Phi) is 12.7. The van der Waals surface area contributed by atoms with Crippen molar-refractivity contribution in [1.29, 1.82) is 0 Å². The van der Waals surface area contributed by atoms with E-state index in [1.165, 1.54) is 6.20 Å². The zero-order valence-corrected chi connectivity index (χ0v) is 28.9. The number of ether oxygens (including phenoxy) is 2. The van der Waals surface area contributed by atoms with Crippen molar-refractivity contribution in [2.75, 3.05) is 13.2 Å². The third-order valence-corrected chi connectivity index (χ3v) is 9.38. The molecule has 14 nitrogen and oxygen atoms in total. The van der Waals surface area contributed by atoms with Crippen LogP contribution in [0.3, 0.4) is 0 Å². The van der Waals surface area contributed by atoms with E-state index in [-0.39, 0.29) is 51.4 Å². The van der Waals surface area contributed by atoms with E-state index >= 15 is 0 Å². The summed E-state index contributed by atoms with van der Waals surface area (Å²) in [5, 5.41) is 5.95. The largest absolute Gasteiger partial charge is 0.464 e. The Morgan fingerprint density at radius 3 is 2.33 bits per heavy atom. The molecule has 4 rings (SSSR count). The molecule has 2 heterocycles. The van der Waals surface area contributed by atoms with Gasteiger partial charge in [0.25, 0.3) is 0 Å². The number of amides is 4. The van der Waals surface area contributed by atoms with Crippen molar-refractivity contribution < 1.29 is 47.4 Å². The molecule has 3 N–H and O–H groups in total. The second-order valence-electron chi connectivity index (χ2n) is 12.0. The highest BCUT2D eigenvalue weighted by atomic mass is 31.2. The van der Waals surface area contributed by atoms with Crippen LogP contribution in [-0.4, -0.2) is 75.3 Å². The molecular weight excluding hydrogens is 655 g/mol. The highest BCUT2D eigenvalue weighted by molar-refractivity contribution is 7.51. The van der Waals surface area contributed by atoms with Gasteiger partial charge >= 0.3 is 19.8 Å². The average molecular weight is 699 g/mol. The number of nitrogens with zero attached hydrogens (tertiary/aromatic N) is 2. The van der Waals surface area contributed by atoms with Gasteiger partial charge in [-0.15, -0.1) is 0 Å². The summed E-state index contributed by atoms with van der Waals surface area (Å²) in [7, 11) is -4.27. The van der Waals surface area contributed by atoms with Crippen LogP contribution in [0.2, 0.25) is 0 Å². The maximum absolute atomic E-state index is 13.8. The molecule has 1 aromatic heterocycles. The van der Waals surface area contributed by atoms with Crippen LogP contribution in [0.4, 0.5) is 4.79 Å². The first kappa shape index (κ1) is 37.3. The number of rotatable bonds is 15. The fourth-order valence-electron chi connectivity index (χ4n) is 5.68. The van der Waals surface area contributed by atoms with Crippen LogP contribution < -0.4 is 10.6 Å².